The zero-order chi connectivity index (χ0) is 15.1. The number of hydrogen-bond donors (Lipinski definition) is 2. The topological polar surface area (TPSA) is 40.5 Å². The van der Waals surface area contributed by atoms with Gasteiger partial charge in [0, 0.05) is 0 Å². The molecule has 0 spiro atoms. The first kappa shape index (κ1) is 12.7. The first-order valence-corrected chi connectivity index (χ1v) is 7.17. The summed E-state index contributed by atoms with van der Waals surface area (Å²) in [6.45, 7) is 0. The number of hydrogen-bond acceptors (Lipinski definition) is 2. The van der Waals surface area contributed by atoms with Crippen molar-refractivity contribution in [2.24, 2.45) is 0 Å². The molecule has 2 N–H and O–H groups in total. The molecule has 4 aromatic rings. The van der Waals surface area contributed by atoms with Crippen molar-refractivity contribution in [3.8, 4) is 22.6 Å². The second-order valence-corrected chi connectivity index (χ2v) is 5.39. The molecule has 4 rings (SSSR count). The zero-order valence-corrected chi connectivity index (χ0v) is 11.8. The van der Waals surface area contributed by atoms with Gasteiger partial charge in [-0.15, -0.1) is 0 Å². The van der Waals surface area contributed by atoms with Crippen molar-refractivity contribution >= 4 is 21.5 Å². The first-order valence-electron chi connectivity index (χ1n) is 7.17. The maximum Gasteiger partial charge on any atom is 0.127 e. The van der Waals surface area contributed by atoms with E-state index in [1.54, 1.807) is 18.2 Å². The second-order valence-electron chi connectivity index (χ2n) is 5.39. The maximum absolute atomic E-state index is 10.1. The van der Waals surface area contributed by atoms with Gasteiger partial charge in [0.15, 0.2) is 0 Å². The Balaban J connectivity index is 2.07. The second kappa shape index (κ2) is 4.78. The van der Waals surface area contributed by atoms with Gasteiger partial charge in [0.05, 0.1) is 5.56 Å². The Labute approximate surface area is 127 Å². The summed E-state index contributed by atoms with van der Waals surface area (Å²) in [6.07, 6.45) is 0. The Bertz CT molecular complexity index is 983. The molecule has 0 unspecified atom stereocenters. The van der Waals surface area contributed by atoms with E-state index in [2.05, 4.69) is 24.3 Å². The fourth-order valence-corrected chi connectivity index (χ4v) is 2.98. The molecule has 0 bridgehead atoms. The van der Waals surface area contributed by atoms with Gasteiger partial charge in [-0.1, -0.05) is 54.6 Å². The molecule has 0 heterocycles. The van der Waals surface area contributed by atoms with E-state index in [0.29, 0.717) is 5.56 Å². The van der Waals surface area contributed by atoms with Crippen molar-refractivity contribution in [1.29, 1.82) is 0 Å². The predicted octanol–water partition coefficient (Wildman–Crippen LogP) is 5.07. The molecule has 0 saturated carbocycles. The van der Waals surface area contributed by atoms with E-state index in [0.717, 1.165) is 21.7 Å². The quantitative estimate of drug-likeness (QED) is 0.479. The molecule has 0 radical (unpaired) electrons. The van der Waals surface area contributed by atoms with Crippen LogP contribution in [-0.2, 0) is 0 Å². The van der Waals surface area contributed by atoms with Gasteiger partial charge in [-0.2, -0.15) is 0 Å². The lowest BCUT2D eigenvalue weighted by Crippen LogP contribution is -1.83. The average Bonchev–Trinajstić information content (AvgIpc) is 2.54. The fourth-order valence-electron chi connectivity index (χ4n) is 2.98. The summed E-state index contributed by atoms with van der Waals surface area (Å²) in [6, 6.07) is 23.2. The highest BCUT2D eigenvalue weighted by Crippen LogP contribution is 2.39. The highest BCUT2D eigenvalue weighted by molar-refractivity contribution is 6.08. The smallest absolute Gasteiger partial charge is 0.127 e. The predicted molar refractivity (Wildman–Crippen MR) is 90.2 cm³/mol. The van der Waals surface area contributed by atoms with Crippen molar-refractivity contribution < 1.29 is 10.2 Å². The van der Waals surface area contributed by atoms with Crippen LogP contribution in [0.15, 0.2) is 72.8 Å². The van der Waals surface area contributed by atoms with Crippen molar-refractivity contribution in [2.45, 2.75) is 0 Å². The fraction of sp³-hybridized carbons (Fsp3) is 0. The lowest BCUT2D eigenvalue weighted by atomic mass is 9.96. The van der Waals surface area contributed by atoms with Crippen LogP contribution in [0.1, 0.15) is 0 Å². The molecule has 106 valence electrons. The van der Waals surface area contributed by atoms with Gasteiger partial charge in [-0.05, 0) is 45.3 Å². The molecule has 0 aliphatic heterocycles. The summed E-state index contributed by atoms with van der Waals surface area (Å²) < 4.78 is 0. The SMILES string of the molecule is Oc1cccc(O)c1-c1ccc2ccc3ccccc3c2c1. The van der Waals surface area contributed by atoms with Crippen molar-refractivity contribution in [2.75, 3.05) is 0 Å². The van der Waals surface area contributed by atoms with E-state index in [4.69, 9.17) is 0 Å². The van der Waals surface area contributed by atoms with Gasteiger partial charge < -0.3 is 10.2 Å². The monoisotopic (exact) mass is 286 g/mol. The average molecular weight is 286 g/mol. The van der Waals surface area contributed by atoms with E-state index in [-0.39, 0.29) is 11.5 Å². The molecule has 2 nitrogen and oxygen atoms in total. The number of phenols is 2. The highest BCUT2D eigenvalue weighted by atomic mass is 16.3. The summed E-state index contributed by atoms with van der Waals surface area (Å²) in [7, 11) is 0. The Morgan fingerprint density at radius 2 is 1.18 bits per heavy atom. The summed E-state index contributed by atoms with van der Waals surface area (Å²) in [5.41, 5.74) is 1.27. The maximum atomic E-state index is 10.1. The minimum Gasteiger partial charge on any atom is -0.507 e. The van der Waals surface area contributed by atoms with Crippen LogP contribution in [0.2, 0.25) is 0 Å². The zero-order valence-electron chi connectivity index (χ0n) is 11.8. The molecule has 0 fully saturated rings. The van der Waals surface area contributed by atoms with E-state index in [1.165, 1.54) is 5.39 Å². The number of benzene rings is 4. The van der Waals surface area contributed by atoms with Gasteiger partial charge >= 0.3 is 0 Å². The van der Waals surface area contributed by atoms with Crippen LogP contribution in [0.4, 0.5) is 0 Å². The van der Waals surface area contributed by atoms with Gasteiger partial charge in [-0.3, -0.25) is 0 Å². The van der Waals surface area contributed by atoms with Crippen molar-refractivity contribution in [3.05, 3.63) is 72.8 Å². The minimum absolute atomic E-state index is 0.0830. The van der Waals surface area contributed by atoms with E-state index < -0.39 is 0 Å². The molecule has 22 heavy (non-hydrogen) atoms. The van der Waals surface area contributed by atoms with E-state index in [1.807, 2.05) is 30.3 Å². The molecular weight excluding hydrogens is 272 g/mol. The third-order valence-corrected chi connectivity index (χ3v) is 4.06. The van der Waals surface area contributed by atoms with Crippen LogP contribution in [-0.4, -0.2) is 10.2 Å². The Morgan fingerprint density at radius 1 is 0.545 bits per heavy atom. The van der Waals surface area contributed by atoms with E-state index in [9.17, 15) is 10.2 Å². The molecule has 0 aliphatic carbocycles. The standard InChI is InChI=1S/C20H14O2/c21-18-6-3-7-19(22)20(18)15-11-10-14-9-8-13-4-1-2-5-16(13)17(14)12-15/h1-12,21-22H. The Kier molecular flexibility index (Phi) is 2.76. The van der Waals surface area contributed by atoms with E-state index >= 15 is 0 Å². The van der Waals surface area contributed by atoms with Crippen LogP contribution < -0.4 is 0 Å². The number of rotatable bonds is 1. The third kappa shape index (κ3) is 1.89. The first-order chi connectivity index (χ1) is 10.7. The van der Waals surface area contributed by atoms with Crippen LogP contribution in [0.3, 0.4) is 0 Å². The van der Waals surface area contributed by atoms with Crippen molar-refractivity contribution in [1.82, 2.24) is 0 Å². The molecule has 0 saturated heterocycles. The lowest BCUT2D eigenvalue weighted by molar-refractivity contribution is 0.454. The minimum atomic E-state index is 0.0830. The van der Waals surface area contributed by atoms with Gasteiger partial charge in [-0.25, -0.2) is 0 Å². The summed E-state index contributed by atoms with van der Waals surface area (Å²) in [5.74, 6) is 0.166. The molecule has 2 heteroatoms. The molecule has 0 atom stereocenters. The van der Waals surface area contributed by atoms with Crippen molar-refractivity contribution in [3.63, 3.8) is 0 Å². The largest absolute Gasteiger partial charge is 0.507 e. The summed E-state index contributed by atoms with van der Waals surface area (Å²) in [4.78, 5) is 0. The lowest BCUT2D eigenvalue weighted by Gasteiger charge is -2.10. The van der Waals surface area contributed by atoms with Crippen LogP contribution in [0.5, 0.6) is 11.5 Å². The Hall–Kier alpha value is -3.00. The molecular formula is C20H14O2. The van der Waals surface area contributed by atoms with Crippen LogP contribution >= 0.6 is 0 Å². The molecule has 0 aliphatic rings. The van der Waals surface area contributed by atoms with Gasteiger partial charge in [0.2, 0.25) is 0 Å². The van der Waals surface area contributed by atoms with Crippen LogP contribution in [0, 0.1) is 0 Å². The summed E-state index contributed by atoms with van der Waals surface area (Å²) >= 11 is 0. The van der Waals surface area contributed by atoms with Gasteiger partial charge in [0.25, 0.3) is 0 Å². The molecule has 0 aromatic heterocycles. The van der Waals surface area contributed by atoms with Crippen LogP contribution in [0.25, 0.3) is 32.7 Å². The number of phenolic OH excluding ortho intramolecular Hbond substituents is 2. The normalized spacial score (nSPS) is 11.1. The van der Waals surface area contributed by atoms with Gasteiger partial charge in [0.1, 0.15) is 11.5 Å². The Morgan fingerprint density at radius 3 is 1.95 bits per heavy atom. The molecule has 0 amide bonds. The number of fused-ring (bicyclic) bond motifs is 3. The summed E-state index contributed by atoms with van der Waals surface area (Å²) in [5, 5.41) is 24.7. The molecule has 4 aromatic carbocycles. The third-order valence-electron chi connectivity index (χ3n) is 4.06. The number of aromatic hydroxyl groups is 2. The highest BCUT2D eigenvalue weighted by Gasteiger charge is 2.11.